The van der Waals surface area contributed by atoms with Crippen molar-refractivity contribution in [2.45, 2.75) is 25.5 Å². The van der Waals surface area contributed by atoms with E-state index in [4.69, 9.17) is 9.47 Å². The number of amides is 1. The largest absolute Gasteiger partial charge is 0.489 e. The van der Waals surface area contributed by atoms with E-state index in [9.17, 15) is 4.79 Å². The van der Waals surface area contributed by atoms with Crippen LogP contribution >= 0.6 is 0 Å². The Morgan fingerprint density at radius 3 is 2.47 bits per heavy atom. The van der Waals surface area contributed by atoms with Crippen molar-refractivity contribution in [1.82, 2.24) is 19.5 Å². The normalized spacial score (nSPS) is 15.8. The molecule has 0 spiro atoms. The molecule has 1 saturated heterocycles. The SMILES string of the molecule is O=C(COc1ccc(OCc2ccccc2)cc1)N1CCC[C@H]1c1nnc2ccccn12. The first kappa shape index (κ1) is 20.1. The molecular weight excluding hydrogens is 404 g/mol. The van der Waals surface area contributed by atoms with E-state index in [2.05, 4.69) is 10.2 Å². The second-order valence-corrected chi connectivity index (χ2v) is 7.77. The van der Waals surface area contributed by atoms with Crippen LogP contribution in [-0.4, -0.2) is 38.6 Å². The molecule has 1 aliphatic heterocycles. The Hall–Kier alpha value is -3.87. The molecule has 7 heteroatoms. The second-order valence-electron chi connectivity index (χ2n) is 7.77. The highest BCUT2D eigenvalue weighted by Crippen LogP contribution is 2.31. The van der Waals surface area contributed by atoms with Gasteiger partial charge in [-0.15, -0.1) is 10.2 Å². The number of carbonyl (C=O) groups excluding carboxylic acids is 1. The molecule has 0 unspecified atom stereocenters. The van der Waals surface area contributed by atoms with Gasteiger partial charge in [-0.3, -0.25) is 9.20 Å². The van der Waals surface area contributed by atoms with Crippen molar-refractivity contribution in [3.8, 4) is 11.5 Å². The first-order chi connectivity index (χ1) is 15.8. The van der Waals surface area contributed by atoms with E-state index >= 15 is 0 Å². The summed E-state index contributed by atoms with van der Waals surface area (Å²) in [7, 11) is 0. The molecule has 4 aromatic rings. The molecule has 3 heterocycles. The molecule has 1 aliphatic rings. The quantitative estimate of drug-likeness (QED) is 0.444. The molecular formula is C25H24N4O3. The highest BCUT2D eigenvalue weighted by Gasteiger charge is 2.33. The summed E-state index contributed by atoms with van der Waals surface area (Å²) in [4.78, 5) is 14.8. The van der Waals surface area contributed by atoms with E-state index in [0.29, 0.717) is 18.9 Å². The molecule has 2 aromatic heterocycles. The number of ether oxygens (including phenoxy) is 2. The van der Waals surface area contributed by atoms with Crippen LogP contribution in [0.1, 0.15) is 30.3 Å². The smallest absolute Gasteiger partial charge is 0.261 e. The maximum atomic E-state index is 12.9. The van der Waals surface area contributed by atoms with Crippen molar-refractivity contribution in [2.75, 3.05) is 13.2 Å². The van der Waals surface area contributed by atoms with Gasteiger partial charge in [0, 0.05) is 12.7 Å². The highest BCUT2D eigenvalue weighted by atomic mass is 16.5. The Morgan fingerprint density at radius 2 is 1.66 bits per heavy atom. The molecule has 1 fully saturated rings. The Balaban J connectivity index is 1.18. The third-order valence-electron chi connectivity index (χ3n) is 5.65. The van der Waals surface area contributed by atoms with Crippen LogP contribution in [0.25, 0.3) is 5.65 Å². The number of carbonyl (C=O) groups is 1. The summed E-state index contributed by atoms with van der Waals surface area (Å²) in [6.07, 6.45) is 3.74. The number of hydrogen-bond donors (Lipinski definition) is 0. The van der Waals surface area contributed by atoms with Gasteiger partial charge in [-0.2, -0.15) is 0 Å². The second kappa shape index (κ2) is 9.09. The van der Waals surface area contributed by atoms with E-state index in [0.717, 1.165) is 35.6 Å². The van der Waals surface area contributed by atoms with Gasteiger partial charge in [0.25, 0.3) is 5.91 Å². The Labute approximate surface area is 186 Å². The van der Waals surface area contributed by atoms with Crippen LogP contribution in [0.3, 0.4) is 0 Å². The van der Waals surface area contributed by atoms with Crippen molar-refractivity contribution in [3.05, 3.63) is 90.4 Å². The average molecular weight is 428 g/mol. The molecule has 1 amide bonds. The van der Waals surface area contributed by atoms with Gasteiger partial charge in [-0.05, 0) is 54.8 Å². The molecule has 0 aliphatic carbocycles. The zero-order valence-electron chi connectivity index (χ0n) is 17.6. The standard InChI is InChI=1S/C25H24N4O3/c30-24(28-16-6-9-22(28)25-27-26-23-10-4-5-15-29(23)25)18-32-21-13-11-20(12-14-21)31-17-19-7-2-1-3-8-19/h1-5,7-8,10-15,22H,6,9,16-18H2/t22-/m0/s1. The average Bonchev–Trinajstić information content (AvgIpc) is 3.49. The molecule has 32 heavy (non-hydrogen) atoms. The number of likely N-dealkylation sites (tertiary alicyclic amines) is 1. The van der Waals surface area contributed by atoms with E-state index in [1.54, 1.807) is 0 Å². The minimum absolute atomic E-state index is 0.0164. The number of rotatable bonds is 7. The molecule has 0 saturated carbocycles. The molecule has 5 rings (SSSR count). The number of benzene rings is 2. The third kappa shape index (κ3) is 4.27. The van der Waals surface area contributed by atoms with Gasteiger partial charge in [0.15, 0.2) is 18.1 Å². The van der Waals surface area contributed by atoms with Crippen LogP contribution in [-0.2, 0) is 11.4 Å². The van der Waals surface area contributed by atoms with Crippen molar-refractivity contribution >= 4 is 11.6 Å². The van der Waals surface area contributed by atoms with Gasteiger partial charge in [-0.1, -0.05) is 36.4 Å². The minimum atomic E-state index is -0.0859. The monoisotopic (exact) mass is 428 g/mol. The fourth-order valence-electron chi connectivity index (χ4n) is 4.02. The van der Waals surface area contributed by atoms with Crippen LogP contribution in [0, 0.1) is 0 Å². The van der Waals surface area contributed by atoms with E-state index in [1.165, 1.54) is 0 Å². The first-order valence-corrected chi connectivity index (χ1v) is 10.8. The van der Waals surface area contributed by atoms with Gasteiger partial charge >= 0.3 is 0 Å². The van der Waals surface area contributed by atoms with Crippen molar-refractivity contribution in [3.63, 3.8) is 0 Å². The lowest BCUT2D eigenvalue weighted by Crippen LogP contribution is -2.35. The van der Waals surface area contributed by atoms with Crippen LogP contribution in [0.15, 0.2) is 79.0 Å². The topological polar surface area (TPSA) is 69.0 Å². The summed E-state index contributed by atoms with van der Waals surface area (Å²) in [5.41, 5.74) is 1.90. The minimum Gasteiger partial charge on any atom is -0.489 e. The predicted molar refractivity (Wildman–Crippen MR) is 119 cm³/mol. The molecule has 0 bridgehead atoms. The fourth-order valence-corrected chi connectivity index (χ4v) is 4.02. The zero-order chi connectivity index (χ0) is 21.8. The molecule has 1 atom stereocenters. The van der Waals surface area contributed by atoms with Crippen LogP contribution in [0.4, 0.5) is 0 Å². The molecule has 7 nitrogen and oxygen atoms in total. The van der Waals surface area contributed by atoms with Crippen molar-refractivity contribution in [1.29, 1.82) is 0 Å². The highest BCUT2D eigenvalue weighted by molar-refractivity contribution is 5.78. The summed E-state index contributed by atoms with van der Waals surface area (Å²) in [5, 5.41) is 8.57. The number of hydrogen-bond acceptors (Lipinski definition) is 5. The zero-order valence-corrected chi connectivity index (χ0v) is 17.6. The van der Waals surface area contributed by atoms with Crippen molar-refractivity contribution < 1.29 is 14.3 Å². The summed E-state index contributed by atoms with van der Waals surface area (Å²) in [6.45, 7) is 1.19. The lowest BCUT2D eigenvalue weighted by molar-refractivity contribution is -0.134. The van der Waals surface area contributed by atoms with Gasteiger partial charge in [0.1, 0.15) is 18.1 Å². The Morgan fingerprint density at radius 1 is 0.906 bits per heavy atom. The van der Waals surface area contributed by atoms with E-state index < -0.39 is 0 Å². The molecule has 2 aromatic carbocycles. The lowest BCUT2D eigenvalue weighted by atomic mass is 10.2. The van der Waals surface area contributed by atoms with Gasteiger partial charge in [0.2, 0.25) is 0 Å². The van der Waals surface area contributed by atoms with Crippen LogP contribution in [0.2, 0.25) is 0 Å². The number of pyridine rings is 1. The third-order valence-corrected chi connectivity index (χ3v) is 5.65. The number of fused-ring (bicyclic) bond motifs is 1. The van der Waals surface area contributed by atoms with Gasteiger partial charge in [-0.25, -0.2) is 0 Å². The lowest BCUT2D eigenvalue weighted by Gasteiger charge is -2.23. The Bertz CT molecular complexity index is 1190. The first-order valence-electron chi connectivity index (χ1n) is 10.8. The predicted octanol–water partition coefficient (Wildman–Crippen LogP) is 4.05. The molecule has 0 radical (unpaired) electrons. The number of aromatic nitrogens is 3. The fraction of sp³-hybridized carbons (Fsp3) is 0.240. The molecule has 0 N–H and O–H groups in total. The van der Waals surface area contributed by atoms with Gasteiger partial charge < -0.3 is 14.4 Å². The maximum Gasteiger partial charge on any atom is 0.261 e. The van der Waals surface area contributed by atoms with Crippen molar-refractivity contribution in [2.24, 2.45) is 0 Å². The number of nitrogens with zero attached hydrogens (tertiary/aromatic N) is 4. The van der Waals surface area contributed by atoms with Gasteiger partial charge in [0.05, 0.1) is 6.04 Å². The summed E-state index contributed by atoms with van der Waals surface area (Å²) >= 11 is 0. The summed E-state index contributed by atoms with van der Waals surface area (Å²) < 4.78 is 13.5. The van der Waals surface area contributed by atoms with E-state index in [1.807, 2.05) is 88.3 Å². The van der Waals surface area contributed by atoms with Crippen LogP contribution in [0.5, 0.6) is 11.5 Å². The molecule has 162 valence electrons. The Kier molecular flexibility index (Phi) is 5.70. The maximum absolute atomic E-state index is 12.9. The van der Waals surface area contributed by atoms with Crippen LogP contribution < -0.4 is 9.47 Å². The summed E-state index contributed by atoms with van der Waals surface area (Å²) in [5.74, 6) is 2.14. The van der Waals surface area contributed by atoms with E-state index in [-0.39, 0.29) is 18.6 Å². The summed E-state index contributed by atoms with van der Waals surface area (Å²) in [6, 6.07) is 23.0.